The Balaban J connectivity index is 0.00000274. The van der Waals surface area contributed by atoms with Gasteiger partial charge in [0.05, 0.1) is 6.54 Å². The Kier molecular flexibility index (Phi) is 10.5. The SMILES string of the molecule is CC.OC(CN(Cc1cccc(C(F)(F)C(F)(F)C(F)(F)F)c1)c1cccc(Oc2ccccc2)c1)C(F)(F)F. The molecular weight excluding hydrogens is 560 g/mol. The van der Waals surface area contributed by atoms with Gasteiger partial charge in [-0.05, 0) is 35.9 Å². The maximum atomic E-state index is 14.2. The van der Waals surface area contributed by atoms with Crippen molar-refractivity contribution in [2.24, 2.45) is 0 Å². The van der Waals surface area contributed by atoms with E-state index in [4.69, 9.17) is 4.74 Å². The molecule has 0 radical (unpaired) electrons. The number of para-hydroxylation sites is 1. The topological polar surface area (TPSA) is 32.7 Å². The fourth-order valence-corrected chi connectivity index (χ4v) is 3.39. The van der Waals surface area contributed by atoms with E-state index in [9.17, 15) is 49.0 Å². The molecule has 0 aliphatic rings. The molecule has 0 amide bonds. The standard InChI is InChI=1S/C25H19F10NO2.C2H6/c26-22(27,24(31,32)25(33,34)35)17-7-4-6-16(12-17)14-36(15-21(37)23(28,29)30)18-8-5-11-20(13-18)38-19-9-2-1-3-10-19;1-2/h1-13,21,37H,14-15H2;1-2H3. The summed E-state index contributed by atoms with van der Waals surface area (Å²) in [4.78, 5) is 0.898. The van der Waals surface area contributed by atoms with Gasteiger partial charge in [0.2, 0.25) is 0 Å². The van der Waals surface area contributed by atoms with Crippen LogP contribution in [-0.4, -0.2) is 36.0 Å². The first kappa shape index (κ1) is 32.7. The number of alkyl halides is 10. The average Bonchev–Trinajstić information content (AvgIpc) is 2.89. The molecule has 13 heteroatoms. The molecule has 0 aromatic heterocycles. The van der Waals surface area contributed by atoms with E-state index in [0.29, 0.717) is 17.9 Å². The summed E-state index contributed by atoms with van der Waals surface area (Å²) in [6, 6.07) is 16.2. The molecule has 0 bridgehead atoms. The van der Waals surface area contributed by atoms with Crippen molar-refractivity contribution in [3.63, 3.8) is 0 Å². The van der Waals surface area contributed by atoms with E-state index >= 15 is 0 Å². The van der Waals surface area contributed by atoms with Crippen molar-refractivity contribution in [1.82, 2.24) is 0 Å². The molecule has 0 aliphatic carbocycles. The molecule has 0 aliphatic heterocycles. The Bertz CT molecular complexity index is 1210. The first-order chi connectivity index (χ1) is 18.5. The van der Waals surface area contributed by atoms with Crippen molar-refractivity contribution in [2.75, 3.05) is 11.4 Å². The van der Waals surface area contributed by atoms with Crippen LogP contribution >= 0.6 is 0 Å². The fourth-order valence-electron chi connectivity index (χ4n) is 3.39. The fraction of sp³-hybridized carbons (Fsp3) is 0.333. The Morgan fingerprint density at radius 2 is 1.30 bits per heavy atom. The van der Waals surface area contributed by atoms with Crippen LogP contribution in [-0.2, 0) is 12.5 Å². The van der Waals surface area contributed by atoms with E-state index < -0.39 is 49.0 Å². The lowest BCUT2D eigenvalue weighted by atomic mass is 9.99. The Hall–Kier alpha value is -3.48. The van der Waals surface area contributed by atoms with Gasteiger partial charge in [0.1, 0.15) is 11.5 Å². The first-order valence-electron chi connectivity index (χ1n) is 11.8. The van der Waals surface area contributed by atoms with Gasteiger partial charge >= 0.3 is 24.2 Å². The van der Waals surface area contributed by atoms with Crippen LogP contribution in [0.15, 0.2) is 78.9 Å². The number of nitrogens with zero attached hydrogens (tertiary/aromatic N) is 1. The van der Waals surface area contributed by atoms with Gasteiger partial charge in [0.25, 0.3) is 0 Å². The molecule has 0 saturated heterocycles. The summed E-state index contributed by atoms with van der Waals surface area (Å²) in [5.41, 5.74) is -1.99. The Labute approximate surface area is 223 Å². The van der Waals surface area contributed by atoms with Crippen LogP contribution in [0.3, 0.4) is 0 Å². The van der Waals surface area contributed by atoms with Crippen molar-refractivity contribution >= 4 is 5.69 Å². The smallest absolute Gasteiger partial charge is 0.457 e. The number of benzene rings is 3. The summed E-state index contributed by atoms with van der Waals surface area (Å²) in [6.45, 7) is 2.22. The maximum absolute atomic E-state index is 14.2. The normalized spacial score (nSPS) is 13.2. The van der Waals surface area contributed by atoms with Crippen LogP contribution in [0.5, 0.6) is 11.5 Å². The van der Waals surface area contributed by atoms with Crippen LogP contribution in [0.25, 0.3) is 0 Å². The second-order valence-corrected chi connectivity index (χ2v) is 8.20. The quantitative estimate of drug-likeness (QED) is 0.255. The van der Waals surface area contributed by atoms with Gasteiger partial charge in [0.15, 0.2) is 6.10 Å². The average molecular weight is 585 g/mol. The van der Waals surface area contributed by atoms with Crippen molar-refractivity contribution in [3.8, 4) is 11.5 Å². The molecule has 3 aromatic carbocycles. The largest absolute Gasteiger partial charge is 0.460 e. The van der Waals surface area contributed by atoms with Crippen LogP contribution in [0.1, 0.15) is 25.0 Å². The van der Waals surface area contributed by atoms with Gasteiger partial charge in [-0.3, -0.25) is 0 Å². The van der Waals surface area contributed by atoms with Crippen molar-refractivity contribution < 1.29 is 53.7 Å². The summed E-state index contributed by atoms with van der Waals surface area (Å²) in [7, 11) is 0. The van der Waals surface area contributed by atoms with Gasteiger partial charge in [-0.15, -0.1) is 0 Å². The summed E-state index contributed by atoms with van der Waals surface area (Å²) in [5, 5.41) is 9.64. The lowest BCUT2D eigenvalue weighted by molar-refractivity contribution is -0.359. The highest BCUT2D eigenvalue weighted by Gasteiger charge is 2.73. The molecule has 0 heterocycles. The minimum atomic E-state index is -6.56. The molecule has 1 unspecified atom stereocenters. The second-order valence-electron chi connectivity index (χ2n) is 8.20. The number of aliphatic hydroxyl groups excluding tert-OH is 1. The number of ether oxygens (including phenoxy) is 1. The third-order valence-corrected chi connectivity index (χ3v) is 5.35. The minimum absolute atomic E-state index is 0.0134. The zero-order valence-electron chi connectivity index (χ0n) is 21.1. The number of anilines is 1. The third-order valence-electron chi connectivity index (χ3n) is 5.35. The summed E-state index contributed by atoms with van der Waals surface area (Å²) < 4.78 is 138. The van der Waals surface area contributed by atoms with E-state index in [1.165, 1.54) is 24.3 Å². The molecule has 0 fully saturated rings. The van der Waals surface area contributed by atoms with Gasteiger partial charge in [-0.2, -0.15) is 43.9 Å². The van der Waals surface area contributed by atoms with E-state index in [0.717, 1.165) is 17.0 Å². The number of halogens is 10. The van der Waals surface area contributed by atoms with E-state index in [-0.39, 0.29) is 17.0 Å². The molecule has 40 heavy (non-hydrogen) atoms. The summed E-state index contributed by atoms with van der Waals surface area (Å²) in [5.74, 6) is -11.5. The van der Waals surface area contributed by atoms with Gasteiger partial charge in [0, 0.05) is 23.9 Å². The molecule has 0 saturated carbocycles. The zero-order chi connectivity index (χ0) is 30.4. The Morgan fingerprint density at radius 3 is 1.88 bits per heavy atom. The van der Waals surface area contributed by atoms with Crippen molar-refractivity contribution in [3.05, 3.63) is 90.0 Å². The zero-order valence-corrected chi connectivity index (χ0v) is 21.1. The van der Waals surface area contributed by atoms with Crippen LogP contribution < -0.4 is 9.64 Å². The predicted octanol–water partition coefficient (Wildman–Crippen LogP) is 8.72. The second kappa shape index (κ2) is 12.8. The molecule has 3 nitrogen and oxygen atoms in total. The van der Waals surface area contributed by atoms with E-state index in [1.54, 1.807) is 30.3 Å². The van der Waals surface area contributed by atoms with E-state index in [2.05, 4.69) is 0 Å². The van der Waals surface area contributed by atoms with Crippen molar-refractivity contribution in [2.45, 2.75) is 50.7 Å². The molecular formula is C27H25F10NO2. The number of hydrogen-bond donors (Lipinski definition) is 1. The number of hydrogen-bond acceptors (Lipinski definition) is 3. The third kappa shape index (κ3) is 7.80. The molecule has 1 N–H and O–H groups in total. The predicted molar refractivity (Wildman–Crippen MR) is 129 cm³/mol. The number of aliphatic hydroxyl groups is 1. The molecule has 3 rings (SSSR count). The highest BCUT2D eigenvalue weighted by Crippen LogP contribution is 2.51. The first-order valence-corrected chi connectivity index (χ1v) is 11.8. The highest BCUT2D eigenvalue weighted by molar-refractivity contribution is 5.52. The van der Waals surface area contributed by atoms with Crippen molar-refractivity contribution in [1.29, 1.82) is 0 Å². The van der Waals surface area contributed by atoms with Crippen LogP contribution in [0, 0.1) is 0 Å². The summed E-state index contributed by atoms with van der Waals surface area (Å²) >= 11 is 0. The monoisotopic (exact) mass is 585 g/mol. The lowest BCUT2D eigenvalue weighted by Gasteiger charge is -2.30. The molecule has 220 valence electrons. The van der Waals surface area contributed by atoms with Gasteiger partial charge in [-0.1, -0.05) is 56.3 Å². The number of rotatable bonds is 9. The Morgan fingerprint density at radius 1 is 0.725 bits per heavy atom. The molecule has 1 atom stereocenters. The van der Waals surface area contributed by atoms with E-state index in [1.807, 2.05) is 13.8 Å². The lowest BCUT2D eigenvalue weighted by Crippen LogP contribution is -2.50. The summed E-state index contributed by atoms with van der Waals surface area (Å²) in [6.07, 6.45) is -14.5. The van der Waals surface area contributed by atoms with Gasteiger partial charge in [-0.25, -0.2) is 0 Å². The van der Waals surface area contributed by atoms with Crippen LogP contribution in [0.4, 0.5) is 49.6 Å². The maximum Gasteiger partial charge on any atom is 0.460 e. The van der Waals surface area contributed by atoms with Crippen LogP contribution in [0.2, 0.25) is 0 Å². The highest BCUT2D eigenvalue weighted by atomic mass is 19.4. The minimum Gasteiger partial charge on any atom is -0.457 e. The molecule has 0 spiro atoms. The van der Waals surface area contributed by atoms with Gasteiger partial charge < -0.3 is 14.7 Å². The molecule has 3 aromatic rings.